The lowest BCUT2D eigenvalue weighted by Gasteiger charge is -2.17. The van der Waals surface area contributed by atoms with Crippen LogP contribution in [0.3, 0.4) is 0 Å². The first-order valence-electron chi connectivity index (χ1n) is 5.74. The summed E-state index contributed by atoms with van der Waals surface area (Å²) in [6.07, 6.45) is -0.259. The molecule has 0 aromatic heterocycles. The lowest BCUT2D eigenvalue weighted by molar-refractivity contribution is -0.0914. The zero-order valence-electron chi connectivity index (χ0n) is 10.9. The summed E-state index contributed by atoms with van der Waals surface area (Å²) in [5.41, 5.74) is 2.13. The second-order valence-electron chi connectivity index (χ2n) is 3.71. The summed E-state index contributed by atoms with van der Waals surface area (Å²) in [4.78, 5) is 0. The van der Waals surface area contributed by atoms with Crippen molar-refractivity contribution >= 4 is 5.69 Å². The molecule has 0 heterocycles. The normalized spacial score (nSPS) is 10.6. The maximum atomic E-state index is 5.57. The van der Waals surface area contributed by atoms with E-state index in [1.807, 2.05) is 32.0 Å². The maximum absolute atomic E-state index is 5.57. The quantitative estimate of drug-likeness (QED) is 0.742. The van der Waals surface area contributed by atoms with Gasteiger partial charge in [-0.15, -0.1) is 0 Å². The van der Waals surface area contributed by atoms with Gasteiger partial charge in [0.2, 0.25) is 0 Å². The molecule has 4 heteroatoms. The molecular weight excluding hydrogens is 218 g/mol. The summed E-state index contributed by atoms with van der Waals surface area (Å²) in [5, 5.41) is 3.25. The van der Waals surface area contributed by atoms with Crippen molar-refractivity contribution in [1.82, 2.24) is 0 Å². The van der Waals surface area contributed by atoms with Gasteiger partial charge < -0.3 is 19.5 Å². The average Bonchev–Trinajstić information content (AvgIpc) is 2.33. The molecule has 96 valence electrons. The standard InChI is InChI=1S/C13H21NO3/c1-5-17-12-8-10(2)6-7-11(12)14-9-13(15-3)16-4/h6-8,13-14H,5,9H2,1-4H3. The second-order valence-corrected chi connectivity index (χ2v) is 3.71. The van der Waals surface area contributed by atoms with E-state index in [2.05, 4.69) is 5.32 Å². The summed E-state index contributed by atoms with van der Waals surface area (Å²) in [6.45, 7) is 5.24. The third kappa shape index (κ3) is 4.24. The van der Waals surface area contributed by atoms with E-state index in [1.54, 1.807) is 14.2 Å². The SMILES string of the molecule is CCOc1cc(C)ccc1NCC(OC)OC. The minimum atomic E-state index is -0.259. The van der Waals surface area contributed by atoms with Gasteiger partial charge in [0.15, 0.2) is 6.29 Å². The predicted molar refractivity (Wildman–Crippen MR) is 68.6 cm³/mol. The molecule has 0 atom stereocenters. The summed E-state index contributed by atoms with van der Waals surface area (Å²) >= 11 is 0. The average molecular weight is 239 g/mol. The first kappa shape index (κ1) is 13.8. The van der Waals surface area contributed by atoms with Gasteiger partial charge in [0.25, 0.3) is 0 Å². The molecule has 17 heavy (non-hydrogen) atoms. The zero-order valence-corrected chi connectivity index (χ0v) is 10.9. The van der Waals surface area contributed by atoms with Crippen LogP contribution in [0.4, 0.5) is 5.69 Å². The number of nitrogens with one attached hydrogen (secondary N) is 1. The minimum absolute atomic E-state index is 0.259. The van der Waals surface area contributed by atoms with Crippen LogP contribution >= 0.6 is 0 Å². The molecule has 0 radical (unpaired) electrons. The van der Waals surface area contributed by atoms with Crippen LogP contribution in [0.25, 0.3) is 0 Å². The van der Waals surface area contributed by atoms with Crippen LogP contribution in [-0.2, 0) is 9.47 Å². The molecule has 0 saturated carbocycles. The van der Waals surface area contributed by atoms with E-state index in [9.17, 15) is 0 Å². The van der Waals surface area contributed by atoms with Crippen molar-refractivity contribution in [2.45, 2.75) is 20.1 Å². The van der Waals surface area contributed by atoms with Gasteiger partial charge in [-0.05, 0) is 31.5 Å². The van der Waals surface area contributed by atoms with Crippen molar-refractivity contribution in [3.8, 4) is 5.75 Å². The highest BCUT2D eigenvalue weighted by Crippen LogP contribution is 2.25. The fraction of sp³-hybridized carbons (Fsp3) is 0.538. The van der Waals surface area contributed by atoms with E-state index in [0.717, 1.165) is 11.4 Å². The number of ether oxygens (including phenoxy) is 3. The first-order chi connectivity index (χ1) is 8.21. The highest BCUT2D eigenvalue weighted by atomic mass is 16.7. The van der Waals surface area contributed by atoms with E-state index < -0.39 is 0 Å². The van der Waals surface area contributed by atoms with Crippen molar-refractivity contribution < 1.29 is 14.2 Å². The number of methoxy groups -OCH3 is 2. The van der Waals surface area contributed by atoms with E-state index in [1.165, 1.54) is 5.56 Å². The minimum Gasteiger partial charge on any atom is -0.492 e. The number of aryl methyl sites for hydroxylation is 1. The van der Waals surface area contributed by atoms with E-state index in [0.29, 0.717) is 13.2 Å². The fourth-order valence-corrected chi connectivity index (χ4v) is 1.51. The Balaban J connectivity index is 2.68. The number of benzene rings is 1. The largest absolute Gasteiger partial charge is 0.492 e. The molecule has 0 unspecified atom stereocenters. The Kier molecular flexibility index (Phi) is 5.80. The molecule has 0 saturated heterocycles. The molecule has 1 rings (SSSR count). The van der Waals surface area contributed by atoms with Gasteiger partial charge in [0.05, 0.1) is 18.8 Å². The van der Waals surface area contributed by atoms with Crippen LogP contribution in [0.5, 0.6) is 5.75 Å². The molecule has 1 N–H and O–H groups in total. The molecule has 0 fully saturated rings. The predicted octanol–water partition coefficient (Wildman–Crippen LogP) is 2.42. The van der Waals surface area contributed by atoms with Crippen LogP contribution in [0.1, 0.15) is 12.5 Å². The summed E-state index contributed by atoms with van der Waals surface area (Å²) in [5.74, 6) is 0.860. The van der Waals surface area contributed by atoms with Gasteiger partial charge in [0, 0.05) is 14.2 Å². The molecule has 1 aromatic rings. The molecular formula is C13H21NO3. The summed E-state index contributed by atoms with van der Waals surface area (Å²) < 4.78 is 15.8. The lowest BCUT2D eigenvalue weighted by atomic mass is 10.2. The lowest BCUT2D eigenvalue weighted by Crippen LogP contribution is -2.23. The van der Waals surface area contributed by atoms with Crippen LogP contribution in [0, 0.1) is 6.92 Å². The van der Waals surface area contributed by atoms with Gasteiger partial charge in [-0.3, -0.25) is 0 Å². The fourth-order valence-electron chi connectivity index (χ4n) is 1.51. The van der Waals surface area contributed by atoms with Crippen molar-refractivity contribution in [2.24, 2.45) is 0 Å². The molecule has 4 nitrogen and oxygen atoms in total. The Hall–Kier alpha value is -1.26. The number of rotatable bonds is 7. The Morgan fingerprint density at radius 1 is 1.24 bits per heavy atom. The van der Waals surface area contributed by atoms with Gasteiger partial charge in [-0.1, -0.05) is 6.07 Å². The highest BCUT2D eigenvalue weighted by molar-refractivity contribution is 5.57. The molecule has 0 aliphatic rings. The first-order valence-corrected chi connectivity index (χ1v) is 5.74. The van der Waals surface area contributed by atoms with Crippen LogP contribution < -0.4 is 10.1 Å². The van der Waals surface area contributed by atoms with Crippen LogP contribution in [0.2, 0.25) is 0 Å². The monoisotopic (exact) mass is 239 g/mol. The third-order valence-electron chi connectivity index (χ3n) is 2.42. The molecule has 0 aliphatic heterocycles. The Labute approximate surface area is 103 Å². The van der Waals surface area contributed by atoms with E-state index in [-0.39, 0.29) is 6.29 Å². The van der Waals surface area contributed by atoms with Crippen molar-refractivity contribution in [2.75, 3.05) is 32.7 Å². The van der Waals surface area contributed by atoms with Crippen LogP contribution in [-0.4, -0.2) is 33.7 Å². The molecule has 0 bridgehead atoms. The zero-order chi connectivity index (χ0) is 12.7. The van der Waals surface area contributed by atoms with Crippen molar-refractivity contribution in [3.05, 3.63) is 23.8 Å². The van der Waals surface area contributed by atoms with Gasteiger partial charge in [-0.2, -0.15) is 0 Å². The molecule has 0 amide bonds. The van der Waals surface area contributed by atoms with Crippen molar-refractivity contribution in [3.63, 3.8) is 0 Å². The smallest absolute Gasteiger partial charge is 0.173 e. The molecule has 0 spiro atoms. The van der Waals surface area contributed by atoms with Gasteiger partial charge in [-0.25, -0.2) is 0 Å². The number of hydrogen-bond donors (Lipinski definition) is 1. The topological polar surface area (TPSA) is 39.7 Å². The van der Waals surface area contributed by atoms with Gasteiger partial charge >= 0.3 is 0 Å². The Bertz CT molecular complexity index is 337. The summed E-state index contributed by atoms with van der Waals surface area (Å²) in [7, 11) is 3.24. The van der Waals surface area contributed by atoms with Crippen molar-refractivity contribution in [1.29, 1.82) is 0 Å². The maximum Gasteiger partial charge on any atom is 0.173 e. The molecule has 1 aromatic carbocycles. The third-order valence-corrected chi connectivity index (χ3v) is 2.42. The summed E-state index contributed by atoms with van der Waals surface area (Å²) in [6, 6.07) is 6.06. The second kappa shape index (κ2) is 7.14. The molecule has 0 aliphatic carbocycles. The number of hydrogen-bond acceptors (Lipinski definition) is 4. The van der Waals surface area contributed by atoms with E-state index in [4.69, 9.17) is 14.2 Å². The highest BCUT2D eigenvalue weighted by Gasteiger charge is 2.07. The van der Waals surface area contributed by atoms with Gasteiger partial charge in [0.1, 0.15) is 5.75 Å². The number of anilines is 1. The Morgan fingerprint density at radius 2 is 1.94 bits per heavy atom. The Morgan fingerprint density at radius 3 is 2.53 bits per heavy atom. The van der Waals surface area contributed by atoms with Crippen LogP contribution in [0.15, 0.2) is 18.2 Å². The van der Waals surface area contributed by atoms with E-state index >= 15 is 0 Å².